The number of hydrogen-bond donors (Lipinski definition) is 1. The van der Waals surface area contributed by atoms with Crippen molar-refractivity contribution >= 4 is 6.21 Å². The van der Waals surface area contributed by atoms with Gasteiger partial charge < -0.3 is 5.84 Å². The van der Waals surface area contributed by atoms with E-state index in [0.717, 1.165) is 5.57 Å². The van der Waals surface area contributed by atoms with Crippen LogP contribution in [0.25, 0.3) is 0 Å². The molecule has 0 saturated carbocycles. The minimum absolute atomic E-state index is 0.150. The summed E-state index contributed by atoms with van der Waals surface area (Å²) in [6, 6.07) is 0. The molecule has 0 fully saturated rings. The van der Waals surface area contributed by atoms with E-state index in [2.05, 4.69) is 25.9 Å². The van der Waals surface area contributed by atoms with Crippen LogP contribution in [0.3, 0.4) is 0 Å². The molecular formula is C8H16N2. The van der Waals surface area contributed by atoms with E-state index in [1.165, 1.54) is 0 Å². The quantitative estimate of drug-likeness (QED) is 0.337. The van der Waals surface area contributed by atoms with Crippen molar-refractivity contribution in [3.8, 4) is 0 Å². The number of nitrogens with zero attached hydrogens (tertiary/aromatic N) is 1. The second-order valence-corrected chi connectivity index (χ2v) is 3.27. The van der Waals surface area contributed by atoms with E-state index in [0.29, 0.717) is 0 Å². The maximum absolute atomic E-state index is 5.03. The van der Waals surface area contributed by atoms with Crippen molar-refractivity contribution in [3.63, 3.8) is 0 Å². The lowest BCUT2D eigenvalue weighted by atomic mass is 9.87. The summed E-state index contributed by atoms with van der Waals surface area (Å²) in [5, 5.41) is 3.48. The highest BCUT2D eigenvalue weighted by Crippen LogP contribution is 2.22. The molecule has 0 aromatic carbocycles. The predicted molar refractivity (Wildman–Crippen MR) is 45.9 cm³/mol. The van der Waals surface area contributed by atoms with Gasteiger partial charge in [0.15, 0.2) is 0 Å². The largest absolute Gasteiger partial charge is 0.323 e. The van der Waals surface area contributed by atoms with Gasteiger partial charge in [0.05, 0.1) is 0 Å². The fourth-order valence-corrected chi connectivity index (χ4v) is 0.781. The van der Waals surface area contributed by atoms with Crippen molar-refractivity contribution in [1.82, 2.24) is 0 Å². The Labute approximate surface area is 62.8 Å². The molecule has 58 valence electrons. The highest BCUT2D eigenvalue weighted by Gasteiger charge is 2.13. The first-order chi connectivity index (χ1) is 4.52. The lowest BCUT2D eigenvalue weighted by Crippen LogP contribution is -2.10. The topological polar surface area (TPSA) is 38.4 Å². The monoisotopic (exact) mass is 140 g/mol. The average molecular weight is 140 g/mol. The molecule has 2 N–H and O–H groups in total. The first kappa shape index (κ1) is 9.21. The van der Waals surface area contributed by atoms with Gasteiger partial charge in [-0.25, -0.2) is 0 Å². The van der Waals surface area contributed by atoms with Crippen LogP contribution in [0.1, 0.15) is 27.7 Å². The van der Waals surface area contributed by atoms with Crippen molar-refractivity contribution in [1.29, 1.82) is 0 Å². The third-order valence-electron chi connectivity index (χ3n) is 1.39. The molecule has 0 aromatic heterocycles. The molecule has 0 rings (SSSR count). The number of hydrazone groups is 1. The Morgan fingerprint density at radius 2 is 1.90 bits per heavy atom. The predicted octanol–water partition coefficient (Wildman–Crippen LogP) is 1.92. The van der Waals surface area contributed by atoms with Crippen molar-refractivity contribution in [2.24, 2.45) is 16.4 Å². The van der Waals surface area contributed by atoms with Crippen LogP contribution in [0.5, 0.6) is 0 Å². The Kier molecular flexibility index (Phi) is 3.13. The van der Waals surface area contributed by atoms with E-state index in [1.807, 2.05) is 13.0 Å². The lowest BCUT2D eigenvalue weighted by molar-refractivity contribution is 0.525. The molecule has 0 atom stereocenters. The van der Waals surface area contributed by atoms with Crippen LogP contribution in [0.2, 0.25) is 0 Å². The molecule has 0 bridgehead atoms. The highest BCUT2D eigenvalue weighted by molar-refractivity contribution is 5.79. The molecule has 0 aliphatic heterocycles. The van der Waals surface area contributed by atoms with E-state index < -0.39 is 0 Å². The number of nitrogens with two attached hydrogens (primary N) is 1. The normalized spacial score (nSPS) is 14.6. The molecule has 0 heterocycles. The van der Waals surface area contributed by atoms with Crippen LogP contribution in [0, 0.1) is 5.41 Å². The second-order valence-electron chi connectivity index (χ2n) is 3.27. The van der Waals surface area contributed by atoms with Crippen molar-refractivity contribution < 1.29 is 0 Å². The second kappa shape index (κ2) is 3.40. The summed E-state index contributed by atoms with van der Waals surface area (Å²) < 4.78 is 0. The molecule has 0 saturated heterocycles. The fourth-order valence-electron chi connectivity index (χ4n) is 0.781. The smallest absolute Gasteiger partial charge is 0.0499 e. The van der Waals surface area contributed by atoms with Crippen LogP contribution in [0.4, 0.5) is 0 Å². The molecule has 0 aliphatic carbocycles. The molecular weight excluding hydrogens is 124 g/mol. The molecule has 2 heteroatoms. The zero-order valence-electron chi connectivity index (χ0n) is 7.18. The summed E-state index contributed by atoms with van der Waals surface area (Å²) in [7, 11) is 0. The van der Waals surface area contributed by atoms with Crippen LogP contribution >= 0.6 is 0 Å². The van der Waals surface area contributed by atoms with Gasteiger partial charge in [0.25, 0.3) is 0 Å². The van der Waals surface area contributed by atoms with E-state index in [-0.39, 0.29) is 5.41 Å². The minimum atomic E-state index is 0.150. The van der Waals surface area contributed by atoms with E-state index in [1.54, 1.807) is 6.21 Å². The van der Waals surface area contributed by atoms with Gasteiger partial charge in [-0.3, -0.25) is 0 Å². The maximum atomic E-state index is 5.03. The van der Waals surface area contributed by atoms with Crippen LogP contribution < -0.4 is 5.84 Å². The molecule has 2 nitrogen and oxygen atoms in total. The molecule has 0 aromatic rings. The van der Waals surface area contributed by atoms with E-state index in [9.17, 15) is 0 Å². The summed E-state index contributed by atoms with van der Waals surface area (Å²) >= 11 is 0. The SMILES string of the molecule is C/C=C(\C=N/N)C(C)(C)C. The van der Waals surface area contributed by atoms with Crippen LogP contribution in [-0.2, 0) is 0 Å². The van der Waals surface area contributed by atoms with Gasteiger partial charge in [0.1, 0.15) is 0 Å². The molecule has 0 aliphatic rings. The number of rotatable bonds is 1. The summed E-state index contributed by atoms with van der Waals surface area (Å²) in [5.41, 5.74) is 1.31. The molecule has 0 unspecified atom stereocenters. The third kappa shape index (κ3) is 2.67. The Bertz CT molecular complexity index is 149. The van der Waals surface area contributed by atoms with Gasteiger partial charge in [-0.05, 0) is 17.9 Å². The molecule has 0 spiro atoms. The standard InChI is InChI=1S/C8H16N2/c1-5-7(6-10-9)8(2,3)4/h5-6H,9H2,1-4H3/b7-5+,10-6-. The fraction of sp³-hybridized carbons (Fsp3) is 0.625. The zero-order chi connectivity index (χ0) is 8.20. The number of hydrogen-bond acceptors (Lipinski definition) is 2. The van der Waals surface area contributed by atoms with E-state index in [4.69, 9.17) is 5.84 Å². The first-order valence-corrected chi connectivity index (χ1v) is 3.42. The van der Waals surface area contributed by atoms with Crippen LogP contribution in [-0.4, -0.2) is 6.21 Å². The van der Waals surface area contributed by atoms with Crippen LogP contribution in [0.15, 0.2) is 16.8 Å². The molecule has 10 heavy (non-hydrogen) atoms. The summed E-state index contributed by atoms with van der Waals surface area (Å²) in [5.74, 6) is 5.03. The zero-order valence-corrected chi connectivity index (χ0v) is 7.18. The first-order valence-electron chi connectivity index (χ1n) is 3.42. The molecule has 0 radical (unpaired) electrons. The maximum Gasteiger partial charge on any atom is 0.0499 e. The Hall–Kier alpha value is -0.790. The van der Waals surface area contributed by atoms with Gasteiger partial charge >= 0.3 is 0 Å². The van der Waals surface area contributed by atoms with E-state index >= 15 is 0 Å². The third-order valence-corrected chi connectivity index (χ3v) is 1.39. The van der Waals surface area contributed by atoms with Crippen molar-refractivity contribution in [2.45, 2.75) is 27.7 Å². The average Bonchev–Trinajstić information content (AvgIpc) is 1.80. The van der Waals surface area contributed by atoms with Gasteiger partial charge in [-0.2, -0.15) is 5.10 Å². The Morgan fingerprint density at radius 3 is 2.00 bits per heavy atom. The summed E-state index contributed by atoms with van der Waals surface area (Å²) in [6.45, 7) is 8.38. The Morgan fingerprint density at radius 1 is 1.40 bits per heavy atom. The van der Waals surface area contributed by atoms with Gasteiger partial charge in [-0.15, -0.1) is 0 Å². The van der Waals surface area contributed by atoms with Gasteiger partial charge in [0.2, 0.25) is 0 Å². The van der Waals surface area contributed by atoms with Crippen molar-refractivity contribution in [2.75, 3.05) is 0 Å². The summed E-state index contributed by atoms with van der Waals surface area (Å²) in [4.78, 5) is 0. The minimum Gasteiger partial charge on any atom is -0.323 e. The van der Waals surface area contributed by atoms with Gasteiger partial charge in [-0.1, -0.05) is 26.8 Å². The lowest BCUT2D eigenvalue weighted by Gasteiger charge is -2.18. The van der Waals surface area contributed by atoms with Gasteiger partial charge in [0, 0.05) is 6.21 Å². The Balaban J connectivity index is 4.39. The van der Waals surface area contributed by atoms with Crippen molar-refractivity contribution in [3.05, 3.63) is 11.6 Å². The molecule has 0 amide bonds. The summed E-state index contributed by atoms with van der Waals surface area (Å²) in [6.07, 6.45) is 3.72. The number of allylic oxidation sites excluding steroid dienone is 2. The highest BCUT2D eigenvalue weighted by atomic mass is 15.1.